The van der Waals surface area contributed by atoms with Crippen LogP contribution < -0.4 is 4.74 Å². The maximum absolute atomic E-state index is 13.4. The molecule has 1 heterocycles. The molecule has 2 rings (SSSR count). The molecule has 1 N–H and O–H groups in total. The van der Waals surface area contributed by atoms with Crippen LogP contribution in [0.3, 0.4) is 0 Å². The molecule has 4 nitrogen and oxygen atoms in total. The van der Waals surface area contributed by atoms with Crippen LogP contribution >= 0.6 is 11.5 Å². The number of benzene rings is 1. The Morgan fingerprint density at radius 1 is 1.53 bits per heavy atom. The van der Waals surface area contributed by atoms with Crippen LogP contribution in [0.1, 0.15) is 17.4 Å². The first-order chi connectivity index (χ1) is 8.20. The van der Waals surface area contributed by atoms with Gasteiger partial charge < -0.3 is 9.84 Å². The second-order valence-electron chi connectivity index (χ2n) is 3.52. The molecule has 1 aromatic heterocycles. The summed E-state index contributed by atoms with van der Waals surface area (Å²) in [4.78, 5) is 0. The Morgan fingerprint density at radius 3 is 2.94 bits per heavy atom. The van der Waals surface area contributed by atoms with Gasteiger partial charge in [-0.25, -0.2) is 4.39 Å². The van der Waals surface area contributed by atoms with Crippen molar-refractivity contribution >= 4 is 11.5 Å². The molecule has 6 heteroatoms. The van der Waals surface area contributed by atoms with E-state index in [9.17, 15) is 9.50 Å². The van der Waals surface area contributed by atoms with Crippen molar-refractivity contribution in [1.29, 1.82) is 0 Å². The predicted molar refractivity (Wildman–Crippen MR) is 61.5 cm³/mol. The molecule has 0 radical (unpaired) electrons. The van der Waals surface area contributed by atoms with E-state index in [0.29, 0.717) is 17.7 Å². The van der Waals surface area contributed by atoms with Crippen molar-refractivity contribution in [3.05, 3.63) is 40.7 Å². The molecule has 0 aliphatic carbocycles. The highest BCUT2D eigenvalue weighted by atomic mass is 32.1. The monoisotopic (exact) mass is 254 g/mol. The smallest absolute Gasteiger partial charge is 0.165 e. The zero-order valence-electron chi connectivity index (χ0n) is 9.13. The van der Waals surface area contributed by atoms with E-state index in [1.54, 1.807) is 11.4 Å². The van der Waals surface area contributed by atoms with Crippen molar-refractivity contribution in [3.8, 4) is 5.75 Å². The van der Waals surface area contributed by atoms with Crippen LogP contribution in [0.15, 0.2) is 23.6 Å². The van der Waals surface area contributed by atoms with Crippen LogP contribution in [-0.2, 0) is 6.42 Å². The SMILES string of the molecule is COc1ccc(CC(O)c2csnn2)cc1F. The fourth-order valence-electron chi connectivity index (χ4n) is 1.48. The first-order valence-corrected chi connectivity index (χ1v) is 5.82. The lowest BCUT2D eigenvalue weighted by molar-refractivity contribution is 0.173. The molecule has 90 valence electrons. The zero-order chi connectivity index (χ0) is 12.3. The second-order valence-corrected chi connectivity index (χ2v) is 4.13. The summed E-state index contributed by atoms with van der Waals surface area (Å²) in [5, 5.41) is 15.3. The Labute approximate surface area is 102 Å². The molecule has 1 unspecified atom stereocenters. The molecule has 0 fully saturated rings. The molecule has 0 saturated carbocycles. The third kappa shape index (κ3) is 2.78. The molecular weight excluding hydrogens is 243 g/mol. The largest absolute Gasteiger partial charge is 0.494 e. The number of rotatable bonds is 4. The number of aromatic nitrogens is 2. The van der Waals surface area contributed by atoms with Gasteiger partial charge in [-0.3, -0.25) is 0 Å². The summed E-state index contributed by atoms with van der Waals surface area (Å²) in [6.07, 6.45) is -0.465. The van der Waals surface area contributed by atoms with Gasteiger partial charge in [0.2, 0.25) is 0 Å². The van der Waals surface area contributed by atoms with E-state index < -0.39 is 11.9 Å². The van der Waals surface area contributed by atoms with Crippen molar-refractivity contribution in [2.45, 2.75) is 12.5 Å². The lowest BCUT2D eigenvalue weighted by Gasteiger charge is -2.08. The highest BCUT2D eigenvalue weighted by Crippen LogP contribution is 2.22. The molecule has 0 bridgehead atoms. The Balaban J connectivity index is 2.11. The minimum atomic E-state index is -0.762. The molecule has 0 aliphatic heterocycles. The third-order valence-electron chi connectivity index (χ3n) is 2.36. The Bertz CT molecular complexity index is 490. The number of hydrogen-bond donors (Lipinski definition) is 1. The Hall–Kier alpha value is -1.53. The standard InChI is InChI=1S/C11H11FN2O2S/c1-16-11-3-2-7(4-8(11)12)5-10(15)9-6-17-14-13-9/h2-4,6,10,15H,5H2,1H3. The number of nitrogens with zero attached hydrogens (tertiary/aromatic N) is 2. The maximum atomic E-state index is 13.4. The van der Waals surface area contributed by atoms with Crippen LogP contribution in [0.5, 0.6) is 5.75 Å². The Kier molecular flexibility index (Phi) is 3.65. The van der Waals surface area contributed by atoms with Gasteiger partial charge in [-0.2, -0.15) is 0 Å². The van der Waals surface area contributed by atoms with E-state index in [0.717, 1.165) is 0 Å². The van der Waals surface area contributed by atoms with E-state index in [2.05, 4.69) is 9.59 Å². The maximum Gasteiger partial charge on any atom is 0.165 e. The fourth-order valence-corrected chi connectivity index (χ4v) is 1.98. The molecule has 1 atom stereocenters. The quantitative estimate of drug-likeness (QED) is 0.906. The minimum absolute atomic E-state index is 0.193. The molecule has 1 aromatic carbocycles. The third-order valence-corrected chi connectivity index (χ3v) is 2.89. The predicted octanol–water partition coefficient (Wildman–Crippen LogP) is 1.96. The average Bonchev–Trinajstić information content (AvgIpc) is 2.82. The second kappa shape index (κ2) is 5.20. The van der Waals surface area contributed by atoms with Crippen LogP contribution in [0.25, 0.3) is 0 Å². The van der Waals surface area contributed by atoms with Gasteiger partial charge >= 0.3 is 0 Å². The molecule has 0 spiro atoms. The van der Waals surface area contributed by atoms with Crippen LogP contribution in [0.2, 0.25) is 0 Å². The first-order valence-electron chi connectivity index (χ1n) is 4.98. The van der Waals surface area contributed by atoms with Crippen LogP contribution in [-0.4, -0.2) is 21.8 Å². The lowest BCUT2D eigenvalue weighted by Crippen LogP contribution is -2.03. The molecular formula is C11H11FN2O2S. The lowest BCUT2D eigenvalue weighted by atomic mass is 10.1. The summed E-state index contributed by atoms with van der Waals surface area (Å²) in [5.74, 6) is -0.243. The van der Waals surface area contributed by atoms with Gasteiger partial charge in [0.05, 0.1) is 7.11 Å². The van der Waals surface area contributed by atoms with Crippen molar-refractivity contribution in [3.63, 3.8) is 0 Å². The average molecular weight is 254 g/mol. The van der Waals surface area contributed by atoms with Gasteiger partial charge in [0.25, 0.3) is 0 Å². The summed E-state index contributed by atoms with van der Waals surface area (Å²) in [5.41, 5.74) is 1.19. The van der Waals surface area contributed by atoms with E-state index in [1.807, 2.05) is 0 Å². The van der Waals surface area contributed by atoms with Crippen molar-refractivity contribution in [1.82, 2.24) is 9.59 Å². The van der Waals surface area contributed by atoms with Crippen molar-refractivity contribution in [2.24, 2.45) is 0 Å². The number of aliphatic hydroxyl groups is 1. The molecule has 17 heavy (non-hydrogen) atoms. The highest BCUT2D eigenvalue weighted by Gasteiger charge is 2.12. The van der Waals surface area contributed by atoms with Crippen LogP contribution in [0.4, 0.5) is 4.39 Å². The first kappa shape index (κ1) is 11.9. The molecule has 2 aromatic rings. The number of halogens is 1. The van der Waals surface area contributed by atoms with Crippen LogP contribution in [0, 0.1) is 5.82 Å². The summed E-state index contributed by atoms with van der Waals surface area (Å²) < 4.78 is 21.9. The van der Waals surface area contributed by atoms with E-state index in [1.165, 1.54) is 30.8 Å². The molecule has 0 aliphatic rings. The number of methoxy groups -OCH3 is 1. The summed E-state index contributed by atoms with van der Waals surface area (Å²) in [7, 11) is 1.41. The molecule has 0 amide bonds. The fraction of sp³-hybridized carbons (Fsp3) is 0.273. The number of aliphatic hydroxyl groups excluding tert-OH is 1. The normalized spacial score (nSPS) is 12.4. The van der Waals surface area contributed by atoms with Crippen molar-refractivity contribution < 1.29 is 14.2 Å². The summed E-state index contributed by atoms with van der Waals surface area (Å²) >= 11 is 1.17. The van der Waals surface area contributed by atoms with E-state index in [-0.39, 0.29) is 5.75 Å². The summed E-state index contributed by atoms with van der Waals surface area (Å²) in [6, 6.07) is 4.60. The zero-order valence-corrected chi connectivity index (χ0v) is 9.95. The van der Waals surface area contributed by atoms with E-state index >= 15 is 0 Å². The summed E-state index contributed by atoms with van der Waals surface area (Å²) in [6.45, 7) is 0. The van der Waals surface area contributed by atoms with Gasteiger partial charge in [-0.1, -0.05) is 10.6 Å². The molecule has 0 saturated heterocycles. The van der Waals surface area contributed by atoms with Gasteiger partial charge in [-0.15, -0.1) is 5.10 Å². The van der Waals surface area contributed by atoms with Gasteiger partial charge in [0.15, 0.2) is 11.6 Å². The van der Waals surface area contributed by atoms with Gasteiger partial charge in [0, 0.05) is 11.8 Å². The number of hydrogen-bond acceptors (Lipinski definition) is 5. The van der Waals surface area contributed by atoms with Gasteiger partial charge in [0.1, 0.15) is 11.8 Å². The van der Waals surface area contributed by atoms with E-state index in [4.69, 9.17) is 4.74 Å². The number of ether oxygens (including phenoxy) is 1. The minimum Gasteiger partial charge on any atom is -0.494 e. The van der Waals surface area contributed by atoms with Gasteiger partial charge in [-0.05, 0) is 29.2 Å². The Morgan fingerprint density at radius 2 is 2.35 bits per heavy atom. The highest BCUT2D eigenvalue weighted by molar-refractivity contribution is 7.03. The van der Waals surface area contributed by atoms with Crippen molar-refractivity contribution in [2.75, 3.05) is 7.11 Å². The topological polar surface area (TPSA) is 55.2 Å².